The average molecular weight is 271 g/mol. The van der Waals surface area contributed by atoms with Crippen molar-refractivity contribution in [2.45, 2.75) is 32.6 Å². The van der Waals surface area contributed by atoms with Crippen molar-refractivity contribution in [3.05, 3.63) is 30.6 Å². The third-order valence-electron chi connectivity index (χ3n) is 3.67. The number of aromatic nitrogens is 4. The topological polar surface area (TPSA) is 72.7 Å². The molecule has 1 N–H and O–H groups in total. The van der Waals surface area contributed by atoms with Crippen LogP contribution in [0.3, 0.4) is 0 Å². The van der Waals surface area contributed by atoms with Crippen molar-refractivity contribution in [2.24, 2.45) is 5.92 Å². The molecule has 0 unspecified atom stereocenters. The van der Waals surface area contributed by atoms with Gasteiger partial charge in [-0.15, -0.1) is 0 Å². The molecule has 0 atom stereocenters. The first-order chi connectivity index (χ1) is 9.74. The number of imidazole rings is 1. The van der Waals surface area contributed by atoms with E-state index < -0.39 is 0 Å². The molecular formula is C14H17N5O. The van der Waals surface area contributed by atoms with Gasteiger partial charge in [0.25, 0.3) is 0 Å². The second kappa shape index (κ2) is 5.40. The Labute approximate surface area is 117 Å². The lowest BCUT2D eigenvalue weighted by Gasteiger charge is -2.10. The van der Waals surface area contributed by atoms with E-state index in [4.69, 9.17) is 0 Å². The highest BCUT2D eigenvalue weighted by Crippen LogP contribution is 2.25. The summed E-state index contributed by atoms with van der Waals surface area (Å²) in [5.74, 6) is 1.61. The second-order valence-electron chi connectivity index (χ2n) is 5.09. The first-order valence-corrected chi connectivity index (χ1v) is 6.87. The molecule has 0 radical (unpaired) electrons. The molecule has 104 valence electrons. The quantitative estimate of drug-likeness (QED) is 0.927. The van der Waals surface area contributed by atoms with E-state index in [0.717, 1.165) is 31.5 Å². The van der Waals surface area contributed by atoms with E-state index >= 15 is 0 Å². The van der Waals surface area contributed by atoms with E-state index in [1.54, 1.807) is 29.4 Å². The van der Waals surface area contributed by atoms with Gasteiger partial charge in [0.15, 0.2) is 0 Å². The summed E-state index contributed by atoms with van der Waals surface area (Å²) in [5, 5.41) is 2.88. The van der Waals surface area contributed by atoms with E-state index in [1.165, 1.54) is 0 Å². The second-order valence-corrected chi connectivity index (χ2v) is 5.09. The minimum atomic E-state index is 0.0812. The molecule has 0 aromatic carbocycles. The highest BCUT2D eigenvalue weighted by Gasteiger charge is 2.22. The number of hydrogen-bond acceptors (Lipinski definition) is 4. The molecule has 6 nitrogen and oxygen atoms in total. The van der Waals surface area contributed by atoms with Gasteiger partial charge in [-0.05, 0) is 19.8 Å². The van der Waals surface area contributed by atoms with Gasteiger partial charge in [-0.2, -0.15) is 0 Å². The Kier molecular flexibility index (Phi) is 3.45. The number of anilines is 1. The fourth-order valence-electron chi connectivity index (χ4n) is 2.53. The SMILES string of the molecule is Cc1nccn1-c1ncc(NC(=O)C2CCCC2)cn1. The Balaban J connectivity index is 1.70. The number of amides is 1. The number of carbonyl (C=O) groups excluding carboxylic acids is 1. The molecule has 2 aromatic heterocycles. The summed E-state index contributed by atoms with van der Waals surface area (Å²) >= 11 is 0. The number of aryl methyl sites for hydroxylation is 1. The lowest BCUT2D eigenvalue weighted by Crippen LogP contribution is -2.20. The molecule has 1 amide bonds. The van der Waals surface area contributed by atoms with Crippen LogP contribution in [0.1, 0.15) is 31.5 Å². The van der Waals surface area contributed by atoms with E-state index in [2.05, 4.69) is 20.3 Å². The van der Waals surface area contributed by atoms with Gasteiger partial charge in [0.2, 0.25) is 11.9 Å². The monoisotopic (exact) mass is 271 g/mol. The number of hydrogen-bond donors (Lipinski definition) is 1. The van der Waals surface area contributed by atoms with E-state index in [1.807, 2.05) is 6.92 Å². The molecule has 0 aliphatic heterocycles. The molecule has 1 fully saturated rings. The first kappa shape index (κ1) is 12.8. The number of rotatable bonds is 3. The van der Waals surface area contributed by atoms with E-state index in [-0.39, 0.29) is 11.8 Å². The summed E-state index contributed by atoms with van der Waals surface area (Å²) in [7, 11) is 0. The van der Waals surface area contributed by atoms with Crippen molar-refractivity contribution in [1.82, 2.24) is 19.5 Å². The fraction of sp³-hybridized carbons (Fsp3) is 0.429. The summed E-state index contributed by atoms with van der Waals surface area (Å²) in [6, 6.07) is 0. The minimum Gasteiger partial charge on any atom is -0.323 e. The van der Waals surface area contributed by atoms with Crippen LogP contribution in [0.25, 0.3) is 5.95 Å². The van der Waals surface area contributed by atoms with Crippen LogP contribution >= 0.6 is 0 Å². The summed E-state index contributed by atoms with van der Waals surface area (Å²) in [4.78, 5) is 24.6. The van der Waals surface area contributed by atoms with Crippen molar-refractivity contribution in [2.75, 3.05) is 5.32 Å². The molecule has 2 aromatic rings. The Morgan fingerprint density at radius 1 is 1.25 bits per heavy atom. The van der Waals surface area contributed by atoms with Crippen LogP contribution in [0.4, 0.5) is 5.69 Å². The Bertz CT molecular complexity index is 598. The van der Waals surface area contributed by atoms with Crippen molar-refractivity contribution < 1.29 is 4.79 Å². The van der Waals surface area contributed by atoms with Crippen molar-refractivity contribution >= 4 is 11.6 Å². The van der Waals surface area contributed by atoms with Gasteiger partial charge in [0, 0.05) is 18.3 Å². The van der Waals surface area contributed by atoms with Crippen LogP contribution in [-0.4, -0.2) is 25.4 Å². The van der Waals surface area contributed by atoms with Crippen molar-refractivity contribution in [3.63, 3.8) is 0 Å². The molecule has 2 heterocycles. The zero-order valence-electron chi connectivity index (χ0n) is 11.4. The minimum absolute atomic E-state index is 0.0812. The smallest absolute Gasteiger partial charge is 0.235 e. The fourth-order valence-corrected chi connectivity index (χ4v) is 2.53. The number of nitrogens with one attached hydrogen (secondary N) is 1. The van der Waals surface area contributed by atoms with Gasteiger partial charge < -0.3 is 5.32 Å². The maximum atomic E-state index is 12.0. The summed E-state index contributed by atoms with van der Waals surface area (Å²) in [6.07, 6.45) is 11.0. The maximum absolute atomic E-state index is 12.0. The summed E-state index contributed by atoms with van der Waals surface area (Å²) < 4.78 is 1.79. The van der Waals surface area contributed by atoms with Gasteiger partial charge in [-0.1, -0.05) is 12.8 Å². The van der Waals surface area contributed by atoms with Crippen LogP contribution in [0.5, 0.6) is 0 Å². The molecule has 1 aliphatic carbocycles. The summed E-state index contributed by atoms with van der Waals surface area (Å²) in [6.45, 7) is 1.89. The Hall–Kier alpha value is -2.24. The molecule has 3 rings (SSSR count). The Morgan fingerprint density at radius 3 is 2.55 bits per heavy atom. The van der Waals surface area contributed by atoms with Crippen LogP contribution < -0.4 is 5.32 Å². The molecule has 0 spiro atoms. The molecule has 0 bridgehead atoms. The number of carbonyl (C=O) groups is 1. The van der Waals surface area contributed by atoms with Gasteiger partial charge >= 0.3 is 0 Å². The van der Waals surface area contributed by atoms with Gasteiger partial charge in [-0.25, -0.2) is 15.0 Å². The Morgan fingerprint density at radius 2 is 1.95 bits per heavy atom. The van der Waals surface area contributed by atoms with Crippen molar-refractivity contribution in [1.29, 1.82) is 0 Å². The molecule has 20 heavy (non-hydrogen) atoms. The molecule has 0 saturated heterocycles. The van der Waals surface area contributed by atoms with Crippen LogP contribution in [-0.2, 0) is 4.79 Å². The average Bonchev–Trinajstić information content (AvgIpc) is 3.11. The first-order valence-electron chi connectivity index (χ1n) is 6.87. The van der Waals surface area contributed by atoms with E-state index in [0.29, 0.717) is 11.6 Å². The largest absolute Gasteiger partial charge is 0.323 e. The van der Waals surface area contributed by atoms with E-state index in [9.17, 15) is 4.79 Å². The maximum Gasteiger partial charge on any atom is 0.235 e. The van der Waals surface area contributed by atoms with Gasteiger partial charge in [-0.3, -0.25) is 9.36 Å². The predicted octanol–water partition coefficient (Wildman–Crippen LogP) is 2.10. The molecular weight excluding hydrogens is 254 g/mol. The molecule has 1 saturated carbocycles. The van der Waals surface area contributed by atoms with Gasteiger partial charge in [0.1, 0.15) is 5.82 Å². The zero-order valence-corrected chi connectivity index (χ0v) is 11.4. The molecule has 1 aliphatic rings. The van der Waals surface area contributed by atoms with Crippen LogP contribution in [0, 0.1) is 12.8 Å². The van der Waals surface area contributed by atoms with Crippen molar-refractivity contribution in [3.8, 4) is 5.95 Å². The predicted molar refractivity (Wildman–Crippen MR) is 74.5 cm³/mol. The summed E-state index contributed by atoms with van der Waals surface area (Å²) in [5.41, 5.74) is 0.642. The third kappa shape index (κ3) is 2.54. The molecule has 6 heteroatoms. The highest BCUT2D eigenvalue weighted by molar-refractivity contribution is 5.92. The lowest BCUT2D eigenvalue weighted by molar-refractivity contribution is -0.119. The number of nitrogens with zero attached hydrogens (tertiary/aromatic N) is 4. The third-order valence-corrected chi connectivity index (χ3v) is 3.67. The highest BCUT2D eigenvalue weighted by atomic mass is 16.1. The normalized spacial score (nSPS) is 15.4. The van der Waals surface area contributed by atoms with Crippen LogP contribution in [0.2, 0.25) is 0 Å². The van der Waals surface area contributed by atoms with Gasteiger partial charge in [0.05, 0.1) is 18.1 Å². The van der Waals surface area contributed by atoms with Crippen LogP contribution in [0.15, 0.2) is 24.8 Å². The standard InChI is InChI=1S/C14H17N5O/c1-10-15-6-7-19(10)14-16-8-12(9-17-14)18-13(20)11-4-2-3-5-11/h6-9,11H,2-5H2,1H3,(H,18,20). The lowest BCUT2D eigenvalue weighted by atomic mass is 10.1. The zero-order chi connectivity index (χ0) is 13.9.